The van der Waals surface area contributed by atoms with E-state index in [9.17, 15) is 25.2 Å². The number of halogens is 3. The second-order valence-corrected chi connectivity index (χ2v) is 6.35. The van der Waals surface area contributed by atoms with Crippen LogP contribution >= 0.6 is 34.8 Å². The summed E-state index contributed by atoms with van der Waals surface area (Å²) in [6.45, 7) is -0.899. The molecule has 0 aromatic carbocycles. The summed E-state index contributed by atoms with van der Waals surface area (Å²) < 4.78 is 1.91. The first-order valence-corrected chi connectivity index (χ1v) is 6.03. The molecule has 0 aliphatic carbocycles. The number of carbonyl (C=O) groups is 1. The van der Waals surface area contributed by atoms with Gasteiger partial charge in [-0.05, 0) is 0 Å². The molecule has 0 bridgehead atoms. The first kappa shape index (κ1) is 17.3. The van der Waals surface area contributed by atoms with Crippen molar-refractivity contribution in [3.05, 3.63) is 0 Å². The molecule has 0 aromatic heterocycles. The van der Waals surface area contributed by atoms with Gasteiger partial charge in [0.25, 0.3) is 9.58 Å². The summed E-state index contributed by atoms with van der Waals surface area (Å²) in [5.74, 6) is -5.01. The zero-order valence-electron chi connectivity index (χ0n) is 9.20. The summed E-state index contributed by atoms with van der Waals surface area (Å²) >= 11 is 15.8. The minimum absolute atomic E-state index is 0.899. The van der Waals surface area contributed by atoms with Crippen molar-refractivity contribution in [3.63, 3.8) is 0 Å². The summed E-state index contributed by atoms with van der Waals surface area (Å²) in [5.41, 5.74) is 2.04. The Bertz CT molecular complexity index is 374. The number of ether oxygens (including phenoxy) is 1. The van der Waals surface area contributed by atoms with Crippen molar-refractivity contribution in [1.82, 2.24) is 0 Å². The summed E-state index contributed by atoms with van der Waals surface area (Å²) in [7, 11) is 0. The smallest absolute Gasteiger partial charge is 0.278 e. The van der Waals surface area contributed by atoms with Crippen LogP contribution in [0.15, 0.2) is 0 Å². The summed E-state index contributed by atoms with van der Waals surface area (Å²) in [6.07, 6.45) is -5.73. The Balaban J connectivity index is 3.27. The monoisotopic (exact) mass is 339 g/mol. The molecule has 112 valence electrons. The lowest BCUT2D eigenvalue weighted by atomic mass is 9.85. The summed E-state index contributed by atoms with van der Waals surface area (Å²) in [6, 6.07) is 0. The zero-order valence-corrected chi connectivity index (χ0v) is 11.5. The van der Waals surface area contributed by atoms with Crippen LogP contribution < -0.4 is 5.73 Å². The van der Waals surface area contributed by atoms with Gasteiger partial charge in [0.15, 0.2) is 0 Å². The first-order chi connectivity index (χ1) is 8.39. The second kappa shape index (κ2) is 5.23. The van der Waals surface area contributed by atoms with E-state index in [1.807, 2.05) is 0 Å². The predicted molar refractivity (Wildman–Crippen MR) is 63.4 cm³/mol. The molecule has 1 fully saturated rings. The number of ketones is 1. The first-order valence-electron chi connectivity index (χ1n) is 4.89. The predicted octanol–water partition coefficient (Wildman–Crippen LogP) is -2.63. The zero-order chi connectivity index (χ0) is 15.2. The molecule has 0 amide bonds. The average Bonchev–Trinajstić information content (AvgIpc) is 2.29. The van der Waals surface area contributed by atoms with Crippen molar-refractivity contribution in [1.29, 1.82) is 0 Å². The molecule has 0 spiro atoms. The van der Waals surface area contributed by atoms with E-state index in [0.717, 1.165) is 0 Å². The fourth-order valence-electron chi connectivity index (χ4n) is 1.62. The lowest BCUT2D eigenvalue weighted by Crippen LogP contribution is -2.80. The van der Waals surface area contributed by atoms with E-state index in [4.69, 9.17) is 45.6 Å². The van der Waals surface area contributed by atoms with Crippen LogP contribution in [0.4, 0.5) is 0 Å². The number of hydrogen-bond acceptors (Lipinski definition) is 8. The van der Waals surface area contributed by atoms with Gasteiger partial charge in [0.1, 0.15) is 18.3 Å². The van der Waals surface area contributed by atoms with Crippen molar-refractivity contribution >= 4 is 40.6 Å². The number of alkyl halides is 3. The van der Waals surface area contributed by atoms with Gasteiger partial charge >= 0.3 is 0 Å². The molecule has 0 radical (unpaired) electrons. The maximum atomic E-state index is 11.8. The molecule has 19 heavy (non-hydrogen) atoms. The van der Waals surface area contributed by atoms with Crippen molar-refractivity contribution in [2.45, 2.75) is 33.6 Å². The van der Waals surface area contributed by atoms with E-state index >= 15 is 0 Å². The Morgan fingerprint density at radius 1 is 1.32 bits per heavy atom. The van der Waals surface area contributed by atoms with E-state index in [2.05, 4.69) is 4.74 Å². The SMILES string of the molecule is N[C@@]1(O)[C@@H](O)[C@H](O)[C@@H](CO)O[C@]1(O)C(=O)C(Cl)(Cl)Cl. The standard InChI is InChI=1S/C8H12Cl3NO7/c9-8(10,11)5(16)7(18)6(12,17)4(15)3(14)2(1-13)19-7/h2-4,13-15,17-18H,1,12H2/t2-,3-,4+,6-,7-/m1/s1. The van der Waals surface area contributed by atoms with Gasteiger partial charge in [-0.15, -0.1) is 0 Å². The molecule has 0 aromatic rings. The molecule has 5 atom stereocenters. The molecular weight excluding hydrogens is 328 g/mol. The van der Waals surface area contributed by atoms with Gasteiger partial charge in [-0.1, -0.05) is 34.8 Å². The Labute approximate surface area is 122 Å². The number of rotatable bonds is 2. The maximum Gasteiger partial charge on any atom is 0.278 e. The number of carbonyl (C=O) groups excluding carboxylic acids is 1. The van der Waals surface area contributed by atoms with Crippen molar-refractivity contribution < 1.29 is 35.1 Å². The number of hydrogen-bond donors (Lipinski definition) is 6. The lowest BCUT2D eigenvalue weighted by molar-refractivity contribution is -0.368. The van der Waals surface area contributed by atoms with Gasteiger partial charge in [0.2, 0.25) is 11.5 Å². The molecule has 11 heteroatoms. The summed E-state index contributed by atoms with van der Waals surface area (Å²) in [5, 5.41) is 47.8. The van der Waals surface area contributed by atoms with Gasteiger partial charge < -0.3 is 30.3 Å². The molecular formula is C8H12Cl3NO7. The number of aliphatic hydroxyl groups excluding tert-OH is 3. The Hall–Kier alpha value is 0.260. The Kier molecular flexibility index (Phi) is 4.76. The number of Topliss-reactive ketones (excluding diaryl/α,β-unsaturated/α-hetero) is 1. The van der Waals surface area contributed by atoms with Crippen molar-refractivity contribution in [3.8, 4) is 0 Å². The van der Waals surface area contributed by atoms with Crippen LogP contribution in [0.5, 0.6) is 0 Å². The van der Waals surface area contributed by atoms with Crippen LogP contribution in [-0.2, 0) is 9.53 Å². The van der Waals surface area contributed by atoms with Gasteiger partial charge in [-0.2, -0.15) is 0 Å². The molecule has 0 saturated carbocycles. The van der Waals surface area contributed by atoms with E-state index < -0.39 is 46.0 Å². The van der Waals surface area contributed by atoms with Crippen molar-refractivity contribution in [2.75, 3.05) is 6.61 Å². The lowest BCUT2D eigenvalue weighted by Gasteiger charge is -2.50. The van der Waals surface area contributed by atoms with E-state index in [1.165, 1.54) is 0 Å². The minimum Gasteiger partial charge on any atom is -0.394 e. The summed E-state index contributed by atoms with van der Waals surface area (Å²) in [4.78, 5) is 11.8. The molecule has 1 aliphatic rings. The average molecular weight is 341 g/mol. The van der Waals surface area contributed by atoms with Gasteiger partial charge in [0, 0.05) is 0 Å². The largest absolute Gasteiger partial charge is 0.394 e. The van der Waals surface area contributed by atoms with Crippen LogP contribution in [0.3, 0.4) is 0 Å². The van der Waals surface area contributed by atoms with Crippen LogP contribution in [0.1, 0.15) is 0 Å². The van der Waals surface area contributed by atoms with E-state index in [1.54, 1.807) is 0 Å². The number of nitrogens with two attached hydrogens (primary N) is 1. The molecule has 1 heterocycles. The minimum atomic E-state index is -3.33. The van der Waals surface area contributed by atoms with Gasteiger partial charge in [-0.25, -0.2) is 0 Å². The fourth-order valence-corrected chi connectivity index (χ4v) is 2.00. The quantitative estimate of drug-likeness (QED) is 0.236. The highest BCUT2D eigenvalue weighted by Gasteiger charge is 2.68. The molecule has 1 aliphatic heterocycles. The highest BCUT2D eigenvalue weighted by Crippen LogP contribution is 2.40. The van der Waals surface area contributed by atoms with Crippen LogP contribution in [0, 0.1) is 0 Å². The van der Waals surface area contributed by atoms with Crippen LogP contribution in [-0.4, -0.2) is 71.5 Å². The third-order valence-corrected chi connectivity index (χ3v) is 3.28. The fraction of sp³-hybridized carbons (Fsp3) is 0.875. The van der Waals surface area contributed by atoms with Crippen molar-refractivity contribution in [2.24, 2.45) is 5.73 Å². The maximum absolute atomic E-state index is 11.8. The van der Waals surface area contributed by atoms with E-state index in [-0.39, 0.29) is 0 Å². The molecule has 8 nitrogen and oxygen atoms in total. The molecule has 1 rings (SSSR count). The molecule has 7 N–H and O–H groups in total. The normalized spacial score (nSPS) is 44.2. The third kappa shape index (κ3) is 2.70. The van der Waals surface area contributed by atoms with Crippen LogP contribution in [0.25, 0.3) is 0 Å². The number of aliphatic hydroxyl groups is 5. The van der Waals surface area contributed by atoms with E-state index in [0.29, 0.717) is 0 Å². The van der Waals surface area contributed by atoms with Gasteiger partial charge in [-0.3, -0.25) is 10.5 Å². The van der Waals surface area contributed by atoms with Gasteiger partial charge in [0.05, 0.1) is 6.61 Å². The molecule has 1 saturated heterocycles. The Morgan fingerprint density at radius 3 is 2.16 bits per heavy atom. The molecule has 0 unspecified atom stereocenters. The highest BCUT2D eigenvalue weighted by atomic mass is 35.6. The Morgan fingerprint density at radius 2 is 1.79 bits per heavy atom. The van der Waals surface area contributed by atoms with Crippen LogP contribution in [0.2, 0.25) is 0 Å². The second-order valence-electron chi connectivity index (χ2n) is 4.07. The highest BCUT2D eigenvalue weighted by molar-refractivity contribution is 6.76. The third-order valence-electron chi connectivity index (χ3n) is 2.77. The topological polar surface area (TPSA) is 153 Å².